The summed E-state index contributed by atoms with van der Waals surface area (Å²) >= 11 is 0. The largest absolute Gasteiger partial charge is 0.343 e. The van der Waals surface area contributed by atoms with E-state index in [1.807, 2.05) is 0 Å². The fourth-order valence-corrected chi connectivity index (χ4v) is 2.56. The van der Waals surface area contributed by atoms with E-state index < -0.39 is 0 Å². The standard InChI is InChI=1S/C14H27NO/c1-11(2)9-13-5-7-15(8-6-13)14(16)10-12(3)4/h11-13H,5-10H2,1-4H3. The third kappa shape index (κ3) is 4.54. The number of carbonyl (C=O) groups is 1. The van der Waals surface area contributed by atoms with Gasteiger partial charge < -0.3 is 4.90 Å². The van der Waals surface area contributed by atoms with Gasteiger partial charge in [-0.05, 0) is 37.0 Å². The summed E-state index contributed by atoms with van der Waals surface area (Å²) in [4.78, 5) is 13.9. The molecule has 0 N–H and O–H groups in total. The fraction of sp³-hybridized carbons (Fsp3) is 0.929. The lowest BCUT2D eigenvalue weighted by atomic mass is 9.88. The van der Waals surface area contributed by atoms with Crippen molar-refractivity contribution in [3.8, 4) is 0 Å². The van der Waals surface area contributed by atoms with Crippen molar-refractivity contribution in [1.29, 1.82) is 0 Å². The molecular formula is C14H27NO. The molecule has 1 aliphatic heterocycles. The summed E-state index contributed by atoms with van der Waals surface area (Å²) in [5, 5.41) is 0. The molecule has 1 heterocycles. The van der Waals surface area contributed by atoms with Crippen molar-refractivity contribution in [2.75, 3.05) is 13.1 Å². The lowest BCUT2D eigenvalue weighted by molar-refractivity contribution is -0.133. The average Bonchev–Trinajstić information content (AvgIpc) is 2.16. The van der Waals surface area contributed by atoms with Gasteiger partial charge in [0.1, 0.15) is 0 Å². The van der Waals surface area contributed by atoms with Gasteiger partial charge in [-0.15, -0.1) is 0 Å². The molecule has 0 bridgehead atoms. The maximum Gasteiger partial charge on any atom is 0.222 e. The highest BCUT2D eigenvalue weighted by Crippen LogP contribution is 2.24. The second kappa shape index (κ2) is 6.27. The molecule has 1 aliphatic rings. The molecule has 2 nitrogen and oxygen atoms in total. The van der Waals surface area contributed by atoms with Crippen LogP contribution in [0, 0.1) is 17.8 Å². The Labute approximate surface area is 100 Å². The van der Waals surface area contributed by atoms with E-state index in [0.717, 1.165) is 31.3 Å². The number of piperidine rings is 1. The molecule has 0 aromatic rings. The summed E-state index contributed by atoms with van der Waals surface area (Å²) < 4.78 is 0. The van der Waals surface area contributed by atoms with E-state index >= 15 is 0 Å². The van der Waals surface area contributed by atoms with Gasteiger partial charge in [-0.25, -0.2) is 0 Å². The minimum Gasteiger partial charge on any atom is -0.343 e. The SMILES string of the molecule is CC(C)CC(=O)N1CCC(CC(C)C)CC1. The zero-order valence-corrected chi connectivity index (χ0v) is 11.3. The molecular weight excluding hydrogens is 198 g/mol. The molecule has 1 saturated heterocycles. The van der Waals surface area contributed by atoms with Crippen LogP contribution in [-0.4, -0.2) is 23.9 Å². The van der Waals surface area contributed by atoms with E-state index in [4.69, 9.17) is 0 Å². The smallest absolute Gasteiger partial charge is 0.222 e. The maximum atomic E-state index is 11.9. The highest BCUT2D eigenvalue weighted by molar-refractivity contribution is 5.76. The normalized spacial score (nSPS) is 18.5. The van der Waals surface area contributed by atoms with Gasteiger partial charge in [-0.2, -0.15) is 0 Å². The first-order valence-electron chi connectivity index (χ1n) is 6.76. The minimum atomic E-state index is 0.359. The van der Waals surface area contributed by atoms with Gasteiger partial charge in [0, 0.05) is 19.5 Å². The molecule has 0 aromatic carbocycles. The molecule has 0 aromatic heterocycles. The van der Waals surface area contributed by atoms with Crippen LogP contribution in [0.2, 0.25) is 0 Å². The fourth-order valence-electron chi connectivity index (χ4n) is 2.56. The summed E-state index contributed by atoms with van der Waals surface area (Å²) in [6.45, 7) is 10.8. The second-order valence-electron chi connectivity index (χ2n) is 6.05. The van der Waals surface area contributed by atoms with Gasteiger partial charge >= 0.3 is 0 Å². The Hall–Kier alpha value is -0.530. The van der Waals surface area contributed by atoms with E-state index in [1.165, 1.54) is 19.3 Å². The van der Waals surface area contributed by atoms with Gasteiger partial charge in [0.15, 0.2) is 0 Å². The van der Waals surface area contributed by atoms with Crippen LogP contribution < -0.4 is 0 Å². The number of nitrogens with zero attached hydrogens (tertiary/aromatic N) is 1. The summed E-state index contributed by atoms with van der Waals surface area (Å²) in [6, 6.07) is 0. The highest BCUT2D eigenvalue weighted by Gasteiger charge is 2.23. The van der Waals surface area contributed by atoms with Crippen LogP contribution in [0.15, 0.2) is 0 Å². The molecule has 0 aliphatic carbocycles. The van der Waals surface area contributed by atoms with Crippen LogP contribution in [0.3, 0.4) is 0 Å². The number of rotatable bonds is 4. The molecule has 1 amide bonds. The van der Waals surface area contributed by atoms with Gasteiger partial charge in [0.25, 0.3) is 0 Å². The lowest BCUT2D eigenvalue weighted by Gasteiger charge is -2.33. The molecule has 0 atom stereocenters. The first-order valence-corrected chi connectivity index (χ1v) is 6.76. The van der Waals surface area contributed by atoms with Crippen molar-refractivity contribution in [2.45, 2.75) is 53.4 Å². The molecule has 0 radical (unpaired) electrons. The Morgan fingerprint density at radius 2 is 1.69 bits per heavy atom. The van der Waals surface area contributed by atoms with Gasteiger partial charge in [0.05, 0.1) is 0 Å². The van der Waals surface area contributed by atoms with E-state index in [2.05, 4.69) is 32.6 Å². The Morgan fingerprint density at radius 3 is 2.12 bits per heavy atom. The van der Waals surface area contributed by atoms with Gasteiger partial charge in [0.2, 0.25) is 5.91 Å². The summed E-state index contributed by atoms with van der Waals surface area (Å²) in [6.07, 6.45) is 4.46. The predicted molar refractivity (Wildman–Crippen MR) is 68.2 cm³/mol. The monoisotopic (exact) mass is 225 g/mol. The van der Waals surface area contributed by atoms with Crippen LogP contribution in [0.4, 0.5) is 0 Å². The van der Waals surface area contributed by atoms with Crippen molar-refractivity contribution in [3.05, 3.63) is 0 Å². The zero-order valence-electron chi connectivity index (χ0n) is 11.3. The van der Waals surface area contributed by atoms with Crippen LogP contribution in [0.1, 0.15) is 53.4 Å². The van der Waals surface area contributed by atoms with Crippen LogP contribution in [0.5, 0.6) is 0 Å². The average molecular weight is 225 g/mol. The topological polar surface area (TPSA) is 20.3 Å². The van der Waals surface area contributed by atoms with Crippen molar-refractivity contribution in [3.63, 3.8) is 0 Å². The van der Waals surface area contributed by atoms with Crippen LogP contribution in [-0.2, 0) is 4.79 Å². The van der Waals surface area contributed by atoms with E-state index in [0.29, 0.717) is 11.8 Å². The Bertz CT molecular complexity index is 215. The van der Waals surface area contributed by atoms with E-state index in [-0.39, 0.29) is 0 Å². The lowest BCUT2D eigenvalue weighted by Crippen LogP contribution is -2.39. The Kier molecular flexibility index (Phi) is 5.30. The van der Waals surface area contributed by atoms with Crippen molar-refractivity contribution < 1.29 is 4.79 Å². The zero-order chi connectivity index (χ0) is 12.1. The number of hydrogen-bond acceptors (Lipinski definition) is 1. The van der Waals surface area contributed by atoms with E-state index in [1.54, 1.807) is 0 Å². The number of carbonyl (C=O) groups excluding carboxylic acids is 1. The van der Waals surface area contributed by atoms with Gasteiger partial charge in [-0.1, -0.05) is 27.7 Å². The van der Waals surface area contributed by atoms with Gasteiger partial charge in [-0.3, -0.25) is 4.79 Å². The highest BCUT2D eigenvalue weighted by atomic mass is 16.2. The maximum absolute atomic E-state index is 11.9. The van der Waals surface area contributed by atoms with Crippen molar-refractivity contribution in [1.82, 2.24) is 4.90 Å². The van der Waals surface area contributed by atoms with Crippen LogP contribution >= 0.6 is 0 Å². The molecule has 0 saturated carbocycles. The Balaban J connectivity index is 2.28. The Morgan fingerprint density at radius 1 is 1.12 bits per heavy atom. The first-order chi connectivity index (χ1) is 7.49. The molecule has 0 unspecified atom stereocenters. The van der Waals surface area contributed by atoms with Crippen LogP contribution in [0.25, 0.3) is 0 Å². The van der Waals surface area contributed by atoms with Crippen molar-refractivity contribution in [2.24, 2.45) is 17.8 Å². The van der Waals surface area contributed by atoms with E-state index in [9.17, 15) is 4.79 Å². The molecule has 2 heteroatoms. The van der Waals surface area contributed by atoms with Crippen molar-refractivity contribution >= 4 is 5.91 Å². The minimum absolute atomic E-state index is 0.359. The summed E-state index contributed by atoms with van der Waals surface area (Å²) in [5.41, 5.74) is 0. The number of likely N-dealkylation sites (tertiary alicyclic amines) is 1. The summed E-state index contributed by atoms with van der Waals surface area (Å²) in [7, 11) is 0. The molecule has 16 heavy (non-hydrogen) atoms. The number of amides is 1. The molecule has 1 rings (SSSR count). The first kappa shape index (κ1) is 13.5. The second-order valence-corrected chi connectivity index (χ2v) is 6.05. The molecule has 94 valence electrons. The predicted octanol–water partition coefficient (Wildman–Crippen LogP) is 3.32. The third-order valence-corrected chi connectivity index (χ3v) is 3.35. The third-order valence-electron chi connectivity index (χ3n) is 3.35. The number of hydrogen-bond donors (Lipinski definition) is 0. The summed E-state index contributed by atoms with van der Waals surface area (Å²) in [5.74, 6) is 2.49. The molecule has 0 spiro atoms. The molecule has 1 fully saturated rings. The quantitative estimate of drug-likeness (QED) is 0.718.